The molecule has 1 aromatic carbocycles. The van der Waals surface area contributed by atoms with Crippen LogP contribution in [0.2, 0.25) is 0 Å². The zero-order valence-electron chi connectivity index (χ0n) is 14.0. The van der Waals surface area contributed by atoms with Crippen LogP contribution in [-0.2, 0) is 11.8 Å². The molecule has 1 amide bonds. The number of aromatic nitrogens is 1. The van der Waals surface area contributed by atoms with Crippen LogP contribution in [-0.4, -0.2) is 24.0 Å². The third-order valence-electron chi connectivity index (χ3n) is 3.27. The maximum absolute atomic E-state index is 12.2. The summed E-state index contributed by atoms with van der Waals surface area (Å²) in [5.74, 6) is -0.606. The number of nitrogens with zero attached hydrogens (tertiary/aromatic N) is 1. The van der Waals surface area contributed by atoms with Gasteiger partial charge >= 0.3 is 5.97 Å². The molecule has 0 atom stereocenters. The number of nitrogens with one attached hydrogen (secondary N) is 1. The van der Waals surface area contributed by atoms with Crippen LogP contribution >= 0.6 is 0 Å². The van der Waals surface area contributed by atoms with Crippen molar-refractivity contribution in [3.63, 3.8) is 0 Å². The molecule has 6 heteroatoms. The molecule has 2 rings (SSSR count). The van der Waals surface area contributed by atoms with Gasteiger partial charge in [0, 0.05) is 12.1 Å². The minimum absolute atomic E-state index is 0. The molecule has 0 spiro atoms. The number of ether oxygens (including phenoxy) is 1. The molecule has 0 radical (unpaired) electrons. The molecule has 1 N–H and O–H groups in total. The number of rotatable bonds is 5. The largest absolute Gasteiger partial charge is 1.00 e. The molecule has 24 heavy (non-hydrogen) atoms. The zero-order valence-corrected chi connectivity index (χ0v) is 16.1. The van der Waals surface area contributed by atoms with E-state index in [1.807, 2.05) is 31.5 Å². The first-order valence-electron chi connectivity index (χ1n) is 7.37. The lowest BCUT2D eigenvalue weighted by atomic mass is 10.1. The number of hydrogen-bond acceptors (Lipinski definition) is 3. The van der Waals surface area contributed by atoms with E-state index in [9.17, 15) is 9.59 Å². The number of amides is 1. The van der Waals surface area contributed by atoms with E-state index in [2.05, 4.69) is 5.32 Å². The van der Waals surface area contributed by atoms with E-state index in [0.29, 0.717) is 11.1 Å². The molecule has 2 aromatic rings. The first-order chi connectivity index (χ1) is 10.9. The Morgan fingerprint density at radius 3 is 2.21 bits per heavy atom. The van der Waals surface area contributed by atoms with Crippen LogP contribution in [0, 0.1) is 0 Å². The molecule has 0 aliphatic rings. The predicted octanol–water partition coefficient (Wildman–Crippen LogP) is -1.12. The first-order valence-corrected chi connectivity index (χ1v) is 7.37. The van der Waals surface area contributed by atoms with Crippen molar-refractivity contribution in [2.45, 2.75) is 19.4 Å². The molecule has 1 aromatic heterocycles. The highest BCUT2D eigenvalue weighted by Crippen LogP contribution is 2.08. The second kappa shape index (κ2) is 8.77. The fourth-order valence-corrected chi connectivity index (χ4v) is 1.97. The minimum atomic E-state index is -0.667. The number of aryl methyl sites for hydroxylation is 1. The maximum atomic E-state index is 12.2. The zero-order chi connectivity index (χ0) is 16.9. The van der Waals surface area contributed by atoms with Gasteiger partial charge in [0.1, 0.15) is 13.7 Å². The average Bonchev–Trinajstić information content (AvgIpc) is 2.53. The van der Waals surface area contributed by atoms with Gasteiger partial charge in [0.05, 0.1) is 16.7 Å². The van der Waals surface area contributed by atoms with Gasteiger partial charge in [-0.15, -0.1) is 0 Å². The Hall–Kier alpha value is -1.96. The van der Waals surface area contributed by atoms with Gasteiger partial charge in [-0.3, -0.25) is 4.79 Å². The van der Waals surface area contributed by atoms with E-state index >= 15 is 0 Å². The topological polar surface area (TPSA) is 59.3 Å². The molecule has 0 aliphatic carbocycles. The van der Waals surface area contributed by atoms with Gasteiger partial charge in [-0.25, -0.2) is 9.36 Å². The van der Waals surface area contributed by atoms with Gasteiger partial charge in [-0.1, -0.05) is 18.2 Å². The van der Waals surface area contributed by atoms with Crippen molar-refractivity contribution in [3.8, 4) is 0 Å². The second-order valence-corrected chi connectivity index (χ2v) is 6.03. The van der Waals surface area contributed by atoms with Crippen LogP contribution in [0.3, 0.4) is 0 Å². The maximum Gasteiger partial charge on any atom is 0.338 e. The van der Waals surface area contributed by atoms with Gasteiger partial charge < -0.3 is 34.0 Å². The molecule has 0 bridgehead atoms. The van der Waals surface area contributed by atoms with Crippen molar-refractivity contribution in [2.75, 3.05) is 6.61 Å². The van der Waals surface area contributed by atoms with Crippen LogP contribution in [0.4, 0.5) is 0 Å². The third kappa shape index (κ3) is 5.92. The van der Waals surface area contributed by atoms with E-state index in [-0.39, 0.29) is 36.5 Å². The number of esters is 1. The molecule has 5 nitrogen and oxygen atoms in total. The van der Waals surface area contributed by atoms with E-state index < -0.39 is 11.5 Å². The fourth-order valence-electron chi connectivity index (χ4n) is 1.97. The van der Waals surface area contributed by atoms with Crippen molar-refractivity contribution >= 4 is 11.9 Å². The molecular weight excluding hydrogens is 419 g/mol. The first kappa shape index (κ1) is 20.1. The van der Waals surface area contributed by atoms with E-state index in [4.69, 9.17) is 4.74 Å². The summed E-state index contributed by atoms with van der Waals surface area (Å²) in [5.41, 5.74) is 0.385. The van der Waals surface area contributed by atoms with Crippen LogP contribution in [0.1, 0.15) is 34.6 Å². The lowest BCUT2D eigenvalue weighted by Gasteiger charge is -2.25. The minimum Gasteiger partial charge on any atom is -1.00 e. The quantitative estimate of drug-likeness (QED) is 0.364. The molecule has 0 saturated heterocycles. The number of hydrogen-bond donors (Lipinski definition) is 1. The summed E-state index contributed by atoms with van der Waals surface area (Å²) in [6, 6.07) is 12.2. The summed E-state index contributed by atoms with van der Waals surface area (Å²) in [5, 5.41) is 2.87. The van der Waals surface area contributed by atoms with Crippen LogP contribution in [0.5, 0.6) is 0 Å². The molecule has 0 saturated carbocycles. The van der Waals surface area contributed by atoms with Gasteiger partial charge in [0.25, 0.3) is 5.91 Å². The molecule has 128 valence electrons. The highest BCUT2D eigenvalue weighted by Gasteiger charge is 2.24. The van der Waals surface area contributed by atoms with Crippen LogP contribution in [0.25, 0.3) is 0 Å². The Balaban J connectivity index is 0.00000288. The van der Waals surface area contributed by atoms with Crippen molar-refractivity contribution < 1.29 is 42.9 Å². The number of carbonyl (C=O) groups is 2. The standard InChI is InChI=1S/C18H20N2O3.HI/c1-18(2,13-23-17(22)15-7-5-4-6-8-15)19-16(21)14-9-11-20(3)12-10-14;/h4-12H,13H2,1-3H3;1H. The van der Waals surface area contributed by atoms with E-state index in [0.717, 1.165) is 0 Å². The summed E-state index contributed by atoms with van der Waals surface area (Å²) >= 11 is 0. The number of halogens is 1. The monoisotopic (exact) mass is 440 g/mol. The lowest BCUT2D eigenvalue weighted by molar-refractivity contribution is -0.671. The Morgan fingerprint density at radius 2 is 1.62 bits per heavy atom. The van der Waals surface area contributed by atoms with Gasteiger partial charge in [-0.2, -0.15) is 0 Å². The van der Waals surface area contributed by atoms with Crippen molar-refractivity contribution in [2.24, 2.45) is 7.05 Å². The second-order valence-electron chi connectivity index (χ2n) is 6.03. The molecule has 1 heterocycles. The fraction of sp³-hybridized carbons (Fsp3) is 0.278. The summed E-state index contributed by atoms with van der Waals surface area (Å²) in [7, 11) is 1.88. The van der Waals surface area contributed by atoms with Crippen LogP contribution in [0.15, 0.2) is 54.9 Å². The number of pyridine rings is 1. The molecular formula is C18H21IN2O3. The normalized spacial score (nSPS) is 10.5. The summed E-state index contributed by atoms with van der Waals surface area (Å²) in [6.07, 6.45) is 3.61. The molecule has 0 fully saturated rings. The number of carbonyl (C=O) groups excluding carboxylic acids is 2. The number of benzene rings is 1. The predicted molar refractivity (Wildman–Crippen MR) is 85.9 cm³/mol. The smallest absolute Gasteiger partial charge is 0.338 e. The molecule has 0 unspecified atom stereocenters. The lowest BCUT2D eigenvalue weighted by Crippen LogP contribution is -3.00. The third-order valence-corrected chi connectivity index (χ3v) is 3.27. The highest BCUT2D eigenvalue weighted by molar-refractivity contribution is 5.94. The Morgan fingerprint density at radius 1 is 1.04 bits per heavy atom. The SMILES string of the molecule is C[n+]1ccc(C(=O)NC(C)(C)COC(=O)c2ccccc2)cc1.[I-]. The Labute approximate surface area is 159 Å². The van der Waals surface area contributed by atoms with Crippen molar-refractivity contribution in [3.05, 3.63) is 66.0 Å². The van der Waals surface area contributed by atoms with E-state index in [1.165, 1.54) is 0 Å². The highest BCUT2D eigenvalue weighted by atomic mass is 127. The van der Waals surface area contributed by atoms with Crippen LogP contribution < -0.4 is 33.9 Å². The van der Waals surface area contributed by atoms with Gasteiger partial charge in [0.15, 0.2) is 12.4 Å². The molecule has 0 aliphatic heterocycles. The summed E-state index contributed by atoms with van der Waals surface area (Å²) in [4.78, 5) is 24.2. The van der Waals surface area contributed by atoms with Gasteiger partial charge in [-0.05, 0) is 26.0 Å². The summed E-state index contributed by atoms with van der Waals surface area (Å²) in [6.45, 7) is 3.71. The van der Waals surface area contributed by atoms with Crippen molar-refractivity contribution in [1.29, 1.82) is 0 Å². The Kier molecular flexibility index (Phi) is 7.34. The van der Waals surface area contributed by atoms with Gasteiger partial charge in [0.2, 0.25) is 0 Å². The summed E-state index contributed by atoms with van der Waals surface area (Å²) < 4.78 is 7.14. The van der Waals surface area contributed by atoms with E-state index in [1.54, 1.807) is 48.8 Å². The average molecular weight is 440 g/mol. The van der Waals surface area contributed by atoms with Crippen molar-refractivity contribution in [1.82, 2.24) is 5.32 Å². The Bertz CT molecular complexity index is 685.